The molecule has 0 saturated heterocycles. The minimum atomic E-state index is -1.55. The van der Waals surface area contributed by atoms with Crippen LogP contribution in [0.1, 0.15) is 59.8 Å². The average Bonchev–Trinajstić information content (AvgIpc) is 2.54. The van der Waals surface area contributed by atoms with Crippen molar-refractivity contribution < 1.29 is 13.9 Å². The molecule has 0 aromatic rings. The lowest BCUT2D eigenvalue weighted by Crippen LogP contribution is -2.35. The molecule has 0 aliphatic heterocycles. The van der Waals surface area contributed by atoms with Gasteiger partial charge in [-0.1, -0.05) is 46.3 Å². The zero-order chi connectivity index (χ0) is 19.5. The third kappa shape index (κ3) is 10.3. The van der Waals surface area contributed by atoms with Gasteiger partial charge in [0.15, 0.2) is 0 Å². The Morgan fingerprint density at radius 1 is 1.16 bits per heavy atom. The Kier molecular flexibility index (Phi) is 13.7. The van der Waals surface area contributed by atoms with Gasteiger partial charge in [-0.2, -0.15) is 11.8 Å². The molecule has 6 heteroatoms. The Labute approximate surface area is 163 Å². The van der Waals surface area contributed by atoms with Gasteiger partial charge in [0.1, 0.15) is 0 Å². The molecule has 0 aromatic carbocycles. The van der Waals surface area contributed by atoms with Crippen molar-refractivity contribution in [2.24, 2.45) is 0 Å². The summed E-state index contributed by atoms with van der Waals surface area (Å²) in [4.78, 5) is 0. The highest BCUT2D eigenvalue weighted by molar-refractivity contribution is 8.28. The molecular weight excluding hydrogens is 351 g/mol. The molecule has 0 heterocycles. The predicted molar refractivity (Wildman–Crippen MR) is 119 cm³/mol. The summed E-state index contributed by atoms with van der Waals surface area (Å²) < 4.78 is 20.8. The van der Waals surface area contributed by atoms with E-state index in [1.54, 1.807) is 14.2 Å². The van der Waals surface area contributed by atoms with Crippen molar-refractivity contribution in [3.05, 3.63) is 12.2 Å². The van der Waals surface area contributed by atoms with Gasteiger partial charge in [-0.05, 0) is 43.4 Å². The highest BCUT2D eigenvalue weighted by Crippen LogP contribution is 2.49. The summed E-state index contributed by atoms with van der Waals surface area (Å²) in [5, 5.41) is 1.98. The Balaban J connectivity index is 0.000000496. The minimum absolute atomic E-state index is 0.209. The van der Waals surface area contributed by atoms with Crippen LogP contribution in [0, 0.1) is 0 Å². The molecule has 0 saturated carbocycles. The Morgan fingerprint density at radius 3 is 2.08 bits per heavy atom. The molecule has 25 heavy (non-hydrogen) atoms. The van der Waals surface area contributed by atoms with Gasteiger partial charge in [0.05, 0.1) is 0 Å². The van der Waals surface area contributed by atoms with E-state index in [2.05, 4.69) is 51.6 Å². The Bertz CT molecular complexity index is 355. The van der Waals surface area contributed by atoms with Gasteiger partial charge in [0, 0.05) is 30.5 Å². The number of thioether (sulfide) groups is 1. The normalized spacial score (nSPS) is 20.6. The molecule has 0 radical (unpaired) electrons. The third-order valence-corrected chi connectivity index (χ3v) is 8.11. The first-order chi connectivity index (χ1) is 11.7. The van der Waals surface area contributed by atoms with Crippen LogP contribution in [0.2, 0.25) is 5.82 Å². The van der Waals surface area contributed by atoms with Crippen LogP contribution in [0.3, 0.4) is 0 Å². The first-order valence-electron chi connectivity index (χ1n) is 9.51. The molecule has 3 atom stereocenters. The molecule has 1 aliphatic rings. The monoisotopic (exact) mass is 392 g/mol. The van der Waals surface area contributed by atoms with Crippen LogP contribution in [-0.2, 0) is 9.31 Å². The highest BCUT2D eigenvalue weighted by Gasteiger charge is 2.38. The molecule has 1 aliphatic carbocycles. The molecule has 0 bridgehead atoms. The number of hydrogen-bond acceptors (Lipinski definition) is 4. The van der Waals surface area contributed by atoms with Crippen LogP contribution in [0.25, 0.3) is 0 Å². The molecule has 0 fully saturated rings. The van der Waals surface area contributed by atoms with Crippen molar-refractivity contribution in [3.63, 3.8) is 0 Å². The summed E-state index contributed by atoms with van der Waals surface area (Å²) in [6.07, 6.45) is 14.4. The highest BCUT2D eigenvalue weighted by atomic mass is 32.3. The summed E-state index contributed by atoms with van der Waals surface area (Å²) in [7, 11) is 1.55. The lowest BCUT2D eigenvalue weighted by molar-refractivity contribution is 0.261. The summed E-state index contributed by atoms with van der Waals surface area (Å²) >= 11 is 2.12. The number of rotatable bonds is 9. The predicted octanol–water partition coefficient (Wildman–Crippen LogP) is 6.10. The van der Waals surface area contributed by atoms with Gasteiger partial charge in [0.2, 0.25) is 0 Å². The van der Waals surface area contributed by atoms with Crippen molar-refractivity contribution in [1.29, 1.82) is 0 Å². The van der Waals surface area contributed by atoms with Crippen molar-refractivity contribution in [2.75, 3.05) is 26.7 Å². The second-order valence-electron chi connectivity index (χ2n) is 7.30. The fourth-order valence-corrected chi connectivity index (χ4v) is 6.75. The van der Waals surface area contributed by atoms with Crippen molar-refractivity contribution in [2.45, 2.75) is 81.4 Å². The van der Waals surface area contributed by atoms with E-state index in [1.807, 2.05) is 12.5 Å². The van der Waals surface area contributed by atoms with Gasteiger partial charge in [-0.15, -0.1) is 10.3 Å². The Hall–Kier alpha value is 0.385. The quantitative estimate of drug-likeness (QED) is 0.380. The van der Waals surface area contributed by atoms with Gasteiger partial charge < -0.3 is 13.9 Å². The SMILES string of the molecule is CC(C)SC1CC=CCC1.CCC(B(OC)OC)C(CC)S(C)(C)O. The van der Waals surface area contributed by atoms with Gasteiger partial charge >= 0.3 is 7.12 Å². The van der Waals surface area contributed by atoms with Gasteiger partial charge in [-0.25, -0.2) is 0 Å². The fraction of sp³-hybridized carbons (Fsp3) is 0.895. The van der Waals surface area contributed by atoms with Gasteiger partial charge in [-0.3, -0.25) is 0 Å². The maximum atomic E-state index is 10.2. The van der Waals surface area contributed by atoms with Crippen molar-refractivity contribution >= 4 is 29.2 Å². The molecule has 3 nitrogen and oxygen atoms in total. The lowest BCUT2D eigenvalue weighted by atomic mass is 9.67. The second-order valence-corrected chi connectivity index (χ2v) is 12.5. The molecule has 1 rings (SSSR count). The average molecular weight is 392 g/mol. The van der Waals surface area contributed by atoms with E-state index in [1.165, 1.54) is 19.3 Å². The van der Waals surface area contributed by atoms with Crippen LogP contribution >= 0.6 is 22.1 Å². The van der Waals surface area contributed by atoms with Crippen LogP contribution in [0.5, 0.6) is 0 Å². The first-order valence-corrected chi connectivity index (χ1v) is 12.9. The van der Waals surface area contributed by atoms with Gasteiger partial charge in [0.25, 0.3) is 0 Å². The molecule has 0 spiro atoms. The van der Waals surface area contributed by atoms with Crippen LogP contribution in [0.4, 0.5) is 0 Å². The largest absolute Gasteiger partial charge is 0.460 e. The molecule has 3 unspecified atom stereocenters. The van der Waals surface area contributed by atoms with E-state index >= 15 is 0 Å². The van der Waals surface area contributed by atoms with E-state index in [0.29, 0.717) is 0 Å². The van der Waals surface area contributed by atoms with E-state index in [0.717, 1.165) is 23.3 Å². The topological polar surface area (TPSA) is 38.7 Å². The van der Waals surface area contributed by atoms with Crippen molar-refractivity contribution in [1.82, 2.24) is 0 Å². The van der Waals surface area contributed by atoms with Crippen molar-refractivity contribution in [3.8, 4) is 0 Å². The Morgan fingerprint density at radius 2 is 1.76 bits per heavy atom. The first kappa shape index (κ1) is 25.4. The minimum Gasteiger partial charge on any atom is -0.414 e. The molecule has 1 N–H and O–H groups in total. The van der Waals surface area contributed by atoms with Crippen LogP contribution in [0.15, 0.2) is 12.2 Å². The fourth-order valence-electron chi connectivity index (χ4n) is 3.49. The number of hydrogen-bond donors (Lipinski definition) is 1. The summed E-state index contributed by atoms with van der Waals surface area (Å²) in [5.41, 5.74) is 0. The van der Waals surface area contributed by atoms with Crippen LogP contribution in [-0.4, -0.2) is 54.2 Å². The molecule has 0 amide bonds. The summed E-state index contributed by atoms with van der Waals surface area (Å²) in [6, 6.07) is 0. The maximum Gasteiger partial charge on any atom is 0.460 e. The third-order valence-electron chi connectivity index (χ3n) is 4.59. The maximum absolute atomic E-state index is 10.2. The van der Waals surface area contributed by atoms with E-state index in [4.69, 9.17) is 9.31 Å². The molecular formula is C19H41BO3S2. The summed E-state index contributed by atoms with van der Waals surface area (Å²) in [5.74, 6) is 0.264. The number of allylic oxidation sites excluding steroid dienone is 2. The van der Waals surface area contributed by atoms with E-state index in [-0.39, 0.29) is 18.2 Å². The van der Waals surface area contributed by atoms with E-state index < -0.39 is 10.3 Å². The van der Waals surface area contributed by atoms with Crippen LogP contribution < -0.4 is 0 Å². The van der Waals surface area contributed by atoms with E-state index in [9.17, 15) is 4.55 Å². The zero-order valence-corrected chi connectivity index (χ0v) is 19.3. The smallest absolute Gasteiger partial charge is 0.414 e. The lowest BCUT2D eigenvalue weighted by Gasteiger charge is -2.39. The summed E-state index contributed by atoms with van der Waals surface area (Å²) in [6.45, 7) is 8.79. The molecule has 0 aromatic heterocycles. The second kappa shape index (κ2) is 13.5. The standard InChI is InChI=1S/C10H25BO3S.C9H16S/c1-7-9(11(13-3)14-4)10(8-2)15(5,6)12;1-8(2)10-9-6-4-3-5-7-9/h9-10,12H,7-8H2,1-6H3;3-4,8-9H,5-7H2,1-2H3. The zero-order valence-electron chi connectivity index (χ0n) is 17.7. The molecule has 150 valence electrons.